The number of carbonyl (C=O) groups excluding carboxylic acids is 3. The molecule has 1 heterocycles. The molecule has 1 aromatic rings. The van der Waals surface area contributed by atoms with Gasteiger partial charge in [-0.05, 0) is 25.0 Å². The predicted octanol–water partition coefficient (Wildman–Crippen LogP) is 0.659. The average Bonchev–Trinajstić information content (AvgIpc) is 2.65. The van der Waals surface area contributed by atoms with Gasteiger partial charge in [-0.15, -0.1) is 11.8 Å². The van der Waals surface area contributed by atoms with E-state index in [9.17, 15) is 19.2 Å². The minimum Gasteiger partial charge on any atom is -0.481 e. The van der Waals surface area contributed by atoms with Crippen molar-refractivity contribution in [1.82, 2.24) is 9.80 Å². The van der Waals surface area contributed by atoms with Gasteiger partial charge in [0.25, 0.3) is 5.91 Å². The number of rotatable bonds is 7. The van der Waals surface area contributed by atoms with Gasteiger partial charge in [0.15, 0.2) is 0 Å². The lowest BCUT2D eigenvalue weighted by atomic mass is 9.98. The van der Waals surface area contributed by atoms with Crippen molar-refractivity contribution in [2.45, 2.75) is 17.7 Å². The number of likely N-dealkylation sites (tertiary alicyclic amines) is 1. The van der Waals surface area contributed by atoms with Gasteiger partial charge < -0.3 is 20.6 Å². The third kappa shape index (κ3) is 5.72. The number of piperidine rings is 1. The Balaban J connectivity index is 2.02. The summed E-state index contributed by atoms with van der Waals surface area (Å²) in [6.07, 6.45) is 1.19. The smallest absolute Gasteiger partial charge is 0.308 e. The second-order valence-electron chi connectivity index (χ2n) is 6.43. The van der Waals surface area contributed by atoms with Crippen LogP contribution < -0.4 is 5.73 Å². The fraction of sp³-hybridized carbons (Fsp3) is 0.444. The van der Waals surface area contributed by atoms with Crippen LogP contribution in [0.2, 0.25) is 0 Å². The maximum absolute atomic E-state index is 12.7. The molecule has 0 radical (unpaired) electrons. The van der Waals surface area contributed by atoms with Crippen molar-refractivity contribution < 1.29 is 24.3 Å². The molecule has 1 aliphatic heterocycles. The summed E-state index contributed by atoms with van der Waals surface area (Å²) < 4.78 is 0. The molecule has 1 fully saturated rings. The topological polar surface area (TPSA) is 121 Å². The molecule has 3 N–H and O–H groups in total. The highest BCUT2D eigenvalue weighted by Gasteiger charge is 2.29. The number of primary amides is 1. The molecular formula is C18H23N3O5S. The molecule has 27 heavy (non-hydrogen) atoms. The van der Waals surface area contributed by atoms with E-state index in [1.807, 2.05) is 0 Å². The number of aliphatic carboxylic acids is 1. The third-order valence-corrected chi connectivity index (χ3v) is 5.43. The maximum Gasteiger partial charge on any atom is 0.308 e. The minimum atomic E-state index is -0.905. The number of carboxylic acid groups (broad SMARTS) is 1. The number of thioether (sulfide) groups is 1. The van der Waals surface area contributed by atoms with Crippen LogP contribution in [0.1, 0.15) is 23.2 Å². The fourth-order valence-corrected chi connectivity index (χ4v) is 3.69. The third-order valence-electron chi connectivity index (χ3n) is 4.33. The molecule has 9 heteroatoms. The van der Waals surface area contributed by atoms with Crippen molar-refractivity contribution in [2.75, 3.05) is 32.4 Å². The second kappa shape index (κ2) is 9.40. The second-order valence-corrected chi connectivity index (χ2v) is 7.45. The van der Waals surface area contributed by atoms with Crippen molar-refractivity contribution in [3.05, 3.63) is 29.8 Å². The normalized spacial score (nSPS) is 16.6. The Morgan fingerprint density at radius 1 is 1.30 bits per heavy atom. The average molecular weight is 393 g/mol. The molecule has 0 aliphatic carbocycles. The molecule has 1 aromatic carbocycles. The minimum absolute atomic E-state index is 0.0529. The van der Waals surface area contributed by atoms with Crippen LogP contribution in [-0.4, -0.2) is 71.0 Å². The van der Waals surface area contributed by atoms with E-state index in [4.69, 9.17) is 10.8 Å². The van der Waals surface area contributed by atoms with Gasteiger partial charge >= 0.3 is 5.97 Å². The summed E-state index contributed by atoms with van der Waals surface area (Å²) in [7, 11) is 1.52. The van der Waals surface area contributed by atoms with Crippen LogP contribution in [0.5, 0.6) is 0 Å². The Labute approximate surface area is 161 Å². The van der Waals surface area contributed by atoms with Crippen LogP contribution in [0.15, 0.2) is 29.2 Å². The van der Waals surface area contributed by atoms with Crippen LogP contribution in [0.4, 0.5) is 0 Å². The van der Waals surface area contributed by atoms with Gasteiger partial charge in [0.05, 0.1) is 23.8 Å². The molecule has 1 atom stereocenters. The highest BCUT2D eigenvalue weighted by molar-refractivity contribution is 8.00. The van der Waals surface area contributed by atoms with Crippen LogP contribution in [0.25, 0.3) is 0 Å². The Morgan fingerprint density at radius 3 is 2.67 bits per heavy atom. The predicted molar refractivity (Wildman–Crippen MR) is 100 cm³/mol. The lowest BCUT2D eigenvalue weighted by Crippen LogP contribution is -2.47. The summed E-state index contributed by atoms with van der Waals surface area (Å²) >= 11 is 1.17. The Morgan fingerprint density at radius 2 is 2.00 bits per heavy atom. The molecule has 0 spiro atoms. The molecule has 1 saturated heterocycles. The highest BCUT2D eigenvalue weighted by atomic mass is 32.2. The molecule has 2 rings (SSSR count). The van der Waals surface area contributed by atoms with Crippen molar-refractivity contribution >= 4 is 35.5 Å². The number of benzene rings is 1. The highest BCUT2D eigenvalue weighted by Crippen LogP contribution is 2.23. The van der Waals surface area contributed by atoms with Gasteiger partial charge in [0, 0.05) is 25.0 Å². The van der Waals surface area contributed by atoms with Crippen molar-refractivity contribution in [2.24, 2.45) is 11.7 Å². The molecular weight excluding hydrogens is 370 g/mol. The summed E-state index contributed by atoms with van der Waals surface area (Å²) in [5, 5.41) is 9.14. The fourth-order valence-electron chi connectivity index (χ4n) is 2.90. The number of amides is 3. The van der Waals surface area contributed by atoms with Crippen molar-refractivity contribution in [1.29, 1.82) is 0 Å². The zero-order chi connectivity index (χ0) is 20.0. The SMILES string of the molecule is CN(CC(=O)N1CCCC(C(=O)O)C1)C(=O)c1ccccc1SCC(N)=O. The van der Waals surface area contributed by atoms with Gasteiger partial charge in [-0.2, -0.15) is 0 Å². The molecule has 8 nitrogen and oxygen atoms in total. The summed E-state index contributed by atoms with van der Waals surface area (Å²) in [4.78, 5) is 50.8. The number of hydrogen-bond acceptors (Lipinski definition) is 5. The number of carbonyl (C=O) groups is 4. The number of nitrogens with two attached hydrogens (primary N) is 1. The van der Waals surface area contributed by atoms with E-state index in [1.165, 1.54) is 28.6 Å². The first-order valence-electron chi connectivity index (χ1n) is 8.55. The molecule has 0 aromatic heterocycles. The van der Waals surface area contributed by atoms with Crippen LogP contribution in [-0.2, 0) is 14.4 Å². The summed E-state index contributed by atoms with van der Waals surface area (Å²) in [6, 6.07) is 6.82. The van der Waals surface area contributed by atoms with Gasteiger partial charge in [-0.3, -0.25) is 19.2 Å². The zero-order valence-corrected chi connectivity index (χ0v) is 15.9. The Bertz CT molecular complexity index is 739. The summed E-state index contributed by atoms with van der Waals surface area (Å²) in [6.45, 7) is 0.525. The van der Waals surface area contributed by atoms with E-state index in [1.54, 1.807) is 24.3 Å². The Hall–Kier alpha value is -2.55. The first-order chi connectivity index (χ1) is 12.8. The molecule has 3 amide bonds. The van der Waals surface area contributed by atoms with Crippen LogP contribution in [0, 0.1) is 5.92 Å². The monoisotopic (exact) mass is 393 g/mol. The standard InChI is InChI=1S/C18H23N3O5S/c1-20(10-16(23)21-8-4-5-12(9-21)18(25)26)17(24)13-6-2-3-7-14(13)27-11-15(19)22/h2-3,6-7,12H,4-5,8-11H2,1H3,(H2,19,22)(H,25,26). The van der Waals surface area contributed by atoms with E-state index in [0.717, 1.165) is 0 Å². The van der Waals surface area contributed by atoms with Crippen LogP contribution >= 0.6 is 11.8 Å². The number of carboxylic acids is 1. The molecule has 1 aliphatic rings. The lowest BCUT2D eigenvalue weighted by Gasteiger charge is -2.32. The summed E-state index contributed by atoms with van der Waals surface area (Å²) in [5.41, 5.74) is 5.55. The van der Waals surface area contributed by atoms with Gasteiger partial charge in [0.2, 0.25) is 11.8 Å². The largest absolute Gasteiger partial charge is 0.481 e. The maximum atomic E-state index is 12.7. The zero-order valence-electron chi connectivity index (χ0n) is 15.1. The van der Waals surface area contributed by atoms with E-state index in [0.29, 0.717) is 29.8 Å². The lowest BCUT2D eigenvalue weighted by molar-refractivity contribution is -0.145. The van der Waals surface area contributed by atoms with Crippen molar-refractivity contribution in [3.8, 4) is 0 Å². The first kappa shape index (κ1) is 20.8. The van der Waals surface area contributed by atoms with E-state index < -0.39 is 17.8 Å². The Kier molecular flexibility index (Phi) is 7.23. The van der Waals surface area contributed by atoms with E-state index >= 15 is 0 Å². The first-order valence-corrected chi connectivity index (χ1v) is 9.54. The van der Waals surface area contributed by atoms with Gasteiger partial charge in [-0.1, -0.05) is 12.1 Å². The quantitative estimate of drug-likeness (QED) is 0.657. The van der Waals surface area contributed by atoms with Gasteiger partial charge in [0.1, 0.15) is 0 Å². The number of hydrogen-bond donors (Lipinski definition) is 2. The van der Waals surface area contributed by atoms with Gasteiger partial charge in [-0.25, -0.2) is 0 Å². The molecule has 0 saturated carbocycles. The van der Waals surface area contributed by atoms with E-state index in [2.05, 4.69) is 0 Å². The van der Waals surface area contributed by atoms with E-state index in [-0.39, 0.29) is 30.7 Å². The number of likely N-dealkylation sites (N-methyl/N-ethyl adjacent to an activating group) is 1. The molecule has 0 bridgehead atoms. The number of nitrogens with zero attached hydrogens (tertiary/aromatic N) is 2. The van der Waals surface area contributed by atoms with Crippen molar-refractivity contribution in [3.63, 3.8) is 0 Å². The molecule has 146 valence electrons. The molecule has 1 unspecified atom stereocenters. The summed E-state index contributed by atoms with van der Waals surface area (Å²) in [5.74, 6) is -2.52. The van der Waals surface area contributed by atoms with Crippen LogP contribution in [0.3, 0.4) is 0 Å².